The van der Waals surface area contributed by atoms with E-state index in [1.54, 1.807) is 6.07 Å². The second-order valence-electron chi connectivity index (χ2n) is 3.55. The Balaban J connectivity index is 2.77. The summed E-state index contributed by atoms with van der Waals surface area (Å²) in [6.45, 7) is 2.46. The highest BCUT2D eigenvalue weighted by Gasteiger charge is 2.11. The van der Waals surface area contributed by atoms with Gasteiger partial charge in [0.1, 0.15) is 0 Å². The molecule has 0 radical (unpaired) electrons. The van der Waals surface area contributed by atoms with Crippen molar-refractivity contribution in [3.05, 3.63) is 29.8 Å². The molecule has 1 rings (SSSR count). The first-order valence-electron chi connectivity index (χ1n) is 5.21. The minimum absolute atomic E-state index is 0.0210. The van der Waals surface area contributed by atoms with Crippen molar-refractivity contribution < 1.29 is 13.5 Å². The first-order valence-corrected chi connectivity index (χ1v) is 7.03. The molecule has 0 aromatic heterocycles. The van der Waals surface area contributed by atoms with Crippen LogP contribution < -0.4 is 5.32 Å². The number of anilines is 1. The molecule has 4 nitrogen and oxygen atoms in total. The number of hydrogen-bond acceptors (Lipinski definition) is 4. The molecule has 0 fully saturated rings. The molecule has 5 heteroatoms. The van der Waals surface area contributed by atoms with Crippen LogP contribution >= 0.6 is 0 Å². The van der Waals surface area contributed by atoms with Crippen LogP contribution in [0, 0.1) is 0 Å². The zero-order chi connectivity index (χ0) is 12.0. The number of nitrogens with one attached hydrogen (secondary N) is 1. The molecular formula is C11H17NO3S. The SMILES string of the molecule is CCNc1cccc(CS(=O)(=O)CCO)c1. The van der Waals surface area contributed by atoms with Crippen LogP contribution in [0.3, 0.4) is 0 Å². The summed E-state index contributed by atoms with van der Waals surface area (Å²) < 4.78 is 23.0. The van der Waals surface area contributed by atoms with Crippen LogP contribution in [0.15, 0.2) is 24.3 Å². The molecule has 0 aliphatic carbocycles. The maximum absolute atomic E-state index is 11.5. The van der Waals surface area contributed by atoms with Gasteiger partial charge in [-0.1, -0.05) is 12.1 Å². The zero-order valence-electron chi connectivity index (χ0n) is 9.31. The van der Waals surface area contributed by atoms with Gasteiger partial charge in [-0.25, -0.2) is 8.42 Å². The van der Waals surface area contributed by atoms with E-state index in [0.717, 1.165) is 17.8 Å². The van der Waals surface area contributed by atoms with Crippen molar-refractivity contribution in [2.24, 2.45) is 0 Å². The van der Waals surface area contributed by atoms with E-state index >= 15 is 0 Å². The molecule has 0 spiro atoms. The molecule has 1 aromatic rings. The molecule has 2 N–H and O–H groups in total. The van der Waals surface area contributed by atoms with E-state index in [1.807, 2.05) is 25.1 Å². The van der Waals surface area contributed by atoms with Crippen molar-refractivity contribution in [2.75, 3.05) is 24.2 Å². The number of benzene rings is 1. The fourth-order valence-corrected chi connectivity index (χ4v) is 2.55. The van der Waals surface area contributed by atoms with Gasteiger partial charge in [-0.05, 0) is 24.6 Å². The van der Waals surface area contributed by atoms with Crippen molar-refractivity contribution in [3.8, 4) is 0 Å². The Hall–Kier alpha value is -1.07. The van der Waals surface area contributed by atoms with Crippen LogP contribution in [0.2, 0.25) is 0 Å². The van der Waals surface area contributed by atoms with Crippen LogP contribution in [0.1, 0.15) is 12.5 Å². The summed E-state index contributed by atoms with van der Waals surface area (Å²) in [4.78, 5) is 0. The highest BCUT2D eigenvalue weighted by molar-refractivity contribution is 7.90. The normalized spacial score (nSPS) is 11.4. The predicted molar refractivity (Wildman–Crippen MR) is 65.2 cm³/mol. The van der Waals surface area contributed by atoms with E-state index in [-0.39, 0.29) is 18.1 Å². The number of sulfone groups is 1. The highest BCUT2D eigenvalue weighted by atomic mass is 32.2. The maximum Gasteiger partial charge on any atom is 0.156 e. The van der Waals surface area contributed by atoms with Crippen molar-refractivity contribution in [3.63, 3.8) is 0 Å². The lowest BCUT2D eigenvalue weighted by molar-refractivity contribution is 0.319. The predicted octanol–water partition coefficient (Wildman–Crippen LogP) is 1.03. The molecular weight excluding hydrogens is 226 g/mol. The summed E-state index contributed by atoms with van der Waals surface area (Å²) in [6.07, 6.45) is 0. The first-order chi connectivity index (χ1) is 7.57. The molecule has 0 heterocycles. The summed E-state index contributed by atoms with van der Waals surface area (Å²) in [6, 6.07) is 7.31. The van der Waals surface area contributed by atoms with Gasteiger partial charge in [-0.15, -0.1) is 0 Å². The van der Waals surface area contributed by atoms with Crippen molar-refractivity contribution in [1.82, 2.24) is 0 Å². The Kier molecular flexibility index (Phi) is 4.76. The first kappa shape index (κ1) is 13.0. The lowest BCUT2D eigenvalue weighted by Gasteiger charge is -2.06. The van der Waals surface area contributed by atoms with E-state index in [9.17, 15) is 8.42 Å². The number of aliphatic hydroxyl groups is 1. The molecule has 16 heavy (non-hydrogen) atoms. The maximum atomic E-state index is 11.5. The molecule has 0 bridgehead atoms. The van der Waals surface area contributed by atoms with E-state index in [0.29, 0.717) is 0 Å². The van der Waals surface area contributed by atoms with E-state index in [2.05, 4.69) is 5.32 Å². The van der Waals surface area contributed by atoms with Gasteiger partial charge < -0.3 is 10.4 Å². The summed E-state index contributed by atoms with van der Waals surface area (Å²) in [5.74, 6) is -0.203. The van der Waals surface area contributed by atoms with E-state index < -0.39 is 9.84 Å². The minimum atomic E-state index is -3.19. The molecule has 0 saturated carbocycles. The lowest BCUT2D eigenvalue weighted by atomic mass is 10.2. The van der Waals surface area contributed by atoms with Gasteiger partial charge in [0.15, 0.2) is 9.84 Å². The summed E-state index contributed by atoms with van der Waals surface area (Å²) in [5.41, 5.74) is 1.66. The summed E-state index contributed by atoms with van der Waals surface area (Å²) in [7, 11) is -3.19. The topological polar surface area (TPSA) is 66.4 Å². The van der Waals surface area contributed by atoms with Gasteiger partial charge >= 0.3 is 0 Å². The Morgan fingerprint density at radius 1 is 1.38 bits per heavy atom. The number of aliphatic hydroxyl groups excluding tert-OH is 1. The average Bonchev–Trinajstić information content (AvgIpc) is 2.17. The molecule has 0 unspecified atom stereocenters. The number of hydrogen-bond donors (Lipinski definition) is 2. The zero-order valence-corrected chi connectivity index (χ0v) is 10.1. The van der Waals surface area contributed by atoms with Crippen LogP contribution in [0.25, 0.3) is 0 Å². The van der Waals surface area contributed by atoms with Crippen molar-refractivity contribution >= 4 is 15.5 Å². The molecule has 90 valence electrons. The van der Waals surface area contributed by atoms with Crippen LogP contribution in [-0.2, 0) is 15.6 Å². The van der Waals surface area contributed by atoms with E-state index in [1.165, 1.54) is 0 Å². The largest absolute Gasteiger partial charge is 0.395 e. The quantitative estimate of drug-likeness (QED) is 0.783. The van der Waals surface area contributed by atoms with Gasteiger partial charge in [-0.3, -0.25) is 0 Å². The fraction of sp³-hybridized carbons (Fsp3) is 0.455. The summed E-state index contributed by atoms with van der Waals surface area (Å²) in [5, 5.41) is 11.7. The minimum Gasteiger partial charge on any atom is -0.395 e. The van der Waals surface area contributed by atoms with E-state index in [4.69, 9.17) is 5.11 Å². The fourth-order valence-electron chi connectivity index (χ4n) is 1.44. The van der Waals surface area contributed by atoms with Crippen LogP contribution in [0.4, 0.5) is 5.69 Å². The smallest absolute Gasteiger partial charge is 0.156 e. The molecule has 0 aliphatic heterocycles. The Labute approximate surface area is 96.2 Å². The van der Waals surface area contributed by atoms with Gasteiger partial charge in [0, 0.05) is 12.2 Å². The second kappa shape index (κ2) is 5.86. The van der Waals surface area contributed by atoms with Crippen LogP contribution in [-0.4, -0.2) is 32.4 Å². The number of rotatable bonds is 6. The standard InChI is InChI=1S/C11H17NO3S/c1-2-12-11-5-3-4-10(8-11)9-16(14,15)7-6-13/h3-5,8,12-13H,2,6-7,9H2,1H3. The van der Waals surface area contributed by atoms with Gasteiger partial charge in [0.2, 0.25) is 0 Å². The lowest BCUT2D eigenvalue weighted by Crippen LogP contribution is -2.12. The molecule has 1 aromatic carbocycles. The van der Waals surface area contributed by atoms with Crippen LogP contribution in [0.5, 0.6) is 0 Å². The molecule has 0 aliphatic rings. The Bertz CT molecular complexity index is 429. The van der Waals surface area contributed by atoms with Gasteiger partial charge in [0.25, 0.3) is 0 Å². The van der Waals surface area contributed by atoms with Gasteiger partial charge in [0.05, 0.1) is 18.1 Å². The van der Waals surface area contributed by atoms with Crippen molar-refractivity contribution in [1.29, 1.82) is 0 Å². The molecule has 0 saturated heterocycles. The van der Waals surface area contributed by atoms with Gasteiger partial charge in [-0.2, -0.15) is 0 Å². The Morgan fingerprint density at radius 2 is 2.12 bits per heavy atom. The second-order valence-corrected chi connectivity index (χ2v) is 5.73. The third kappa shape index (κ3) is 4.20. The third-order valence-corrected chi connectivity index (χ3v) is 3.67. The molecule has 0 amide bonds. The monoisotopic (exact) mass is 243 g/mol. The summed E-state index contributed by atoms with van der Waals surface area (Å²) >= 11 is 0. The Morgan fingerprint density at radius 3 is 2.75 bits per heavy atom. The third-order valence-electron chi connectivity index (χ3n) is 2.10. The van der Waals surface area contributed by atoms with Crippen molar-refractivity contribution in [2.45, 2.75) is 12.7 Å². The molecule has 0 atom stereocenters. The average molecular weight is 243 g/mol. The highest BCUT2D eigenvalue weighted by Crippen LogP contribution is 2.13.